The van der Waals surface area contributed by atoms with E-state index in [1.165, 1.54) is 58.4 Å². The number of ether oxygens (including phenoxy) is 1. The van der Waals surface area contributed by atoms with Crippen molar-refractivity contribution in [3.8, 4) is 5.75 Å². The van der Waals surface area contributed by atoms with E-state index in [1.54, 1.807) is 7.11 Å². The third-order valence-electron chi connectivity index (χ3n) is 6.96. The van der Waals surface area contributed by atoms with Gasteiger partial charge >= 0.3 is 0 Å². The number of benzene rings is 5. The molecule has 1 unspecified atom stereocenters. The number of thiophene rings is 1. The summed E-state index contributed by atoms with van der Waals surface area (Å²) in [5, 5.41) is 9.01. The molecule has 0 aliphatic carbocycles. The van der Waals surface area contributed by atoms with Gasteiger partial charge in [0.25, 0.3) is 0 Å². The zero-order chi connectivity index (χ0) is 23.2. The lowest BCUT2D eigenvalue weighted by atomic mass is 9.89. The molecule has 0 fully saturated rings. The van der Waals surface area contributed by atoms with Gasteiger partial charge in [0.15, 0.2) is 0 Å². The Balaban J connectivity index is 1.60. The molecule has 0 bridgehead atoms. The van der Waals surface area contributed by atoms with Crippen LogP contribution in [-0.2, 0) is 0 Å². The maximum Gasteiger partial charge on any atom is 0.119 e. The monoisotopic (exact) mass is 458 g/mol. The quantitative estimate of drug-likeness (QED) is 0.239. The van der Waals surface area contributed by atoms with Crippen molar-refractivity contribution in [3.63, 3.8) is 0 Å². The van der Waals surface area contributed by atoms with Crippen molar-refractivity contribution < 1.29 is 4.74 Å². The molecule has 0 spiro atoms. The summed E-state index contributed by atoms with van der Waals surface area (Å²) >= 11 is 1.92. The van der Waals surface area contributed by atoms with Gasteiger partial charge < -0.3 is 4.74 Å². The van der Waals surface area contributed by atoms with E-state index >= 15 is 0 Å². The summed E-state index contributed by atoms with van der Waals surface area (Å²) in [5.41, 5.74) is 2.70. The molecule has 1 atom stereocenters. The van der Waals surface area contributed by atoms with Crippen molar-refractivity contribution in [3.05, 3.63) is 107 Å². The van der Waals surface area contributed by atoms with Gasteiger partial charge in [-0.3, -0.25) is 0 Å². The SMILES string of the molecule is CC=Cc1c(C(C)c2ccc3c4ccc(OC)cc4c4ccccc4c3c2)sc2ccccc12. The van der Waals surface area contributed by atoms with Crippen LogP contribution in [0.5, 0.6) is 5.75 Å². The number of hydrogen-bond donors (Lipinski definition) is 0. The van der Waals surface area contributed by atoms with E-state index in [4.69, 9.17) is 4.74 Å². The minimum absolute atomic E-state index is 0.304. The molecule has 6 aromatic rings. The maximum absolute atomic E-state index is 5.53. The van der Waals surface area contributed by atoms with E-state index in [2.05, 4.69) is 111 Å². The summed E-state index contributed by atoms with van der Waals surface area (Å²) in [5.74, 6) is 1.20. The van der Waals surface area contributed by atoms with E-state index in [9.17, 15) is 0 Å². The average molecular weight is 459 g/mol. The Morgan fingerprint density at radius 3 is 2.03 bits per heavy atom. The second-order valence-electron chi connectivity index (χ2n) is 8.86. The second-order valence-corrected chi connectivity index (χ2v) is 9.94. The van der Waals surface area contributed by atoms with Gasteiger partial charge in [-0.1, -0.05) is 79.7 Å². The minimum atomic E-state index is 0.304. The summed E-state index contributed by atoms with van der Waals surface area (Å²) in [6, 6.07) is 30.9. The van der Waals surface area contributed by atoms with Gasteiger partial charge in [0.2, 0.25) is 0 Å². The summed E-state index contributed by atoms with van der Waals surface area (Å²) in [6.45, 7) is 4.44. The van der Waals surface area contributed by atoms with Crippen LogP contribution in [0.2, 0.25) is 0 Å². The zero-order valence-electron chi connectivity index (χ0n) is 19.6. The van der Waals surface area contributed by atoms with Crippen molar-refractivity contribution in [1.82, 2.24) is 0 Å². The van der Waals surface area contributed by atoms with Crippen LogP contribution in [0.3, 0.4) is 0 Å². The molecule has 0 saturated carbocycles. The first-order chi connectivity index (χ1) is 16.7. The predicted octanol–water partition coefficient (Wildman–Crippen LogP) is 9.55. The third kappa shape index (κ3) is 3.21. The molecule has 166 valence electrons. The standard InChI is InChI=1S/C32H26OS/c1-4-9-28-27-12-7-8-13-31(27)34-32(28)20(2)21-14-16-25-26-17-15-22(33-3)19-30(26)24-11-6-5-10-23(24)29(25)18-21/h4-20H,1-3H3. The first-order valence-electron chi connectivity index (χ1n) is 11.8. The molecular formula is C32H26OS. The molecule has 5 aromatic carbocycles. The van der Waals surface area contributed by atoms with Crippen LogP contribution < -0.4 is 4.74 Å². The summed E-state index contributed by atoms with van der Waals surface area (Å²) in [6.07, 6.45) is 4.42. The minimum Gasteiger partial charge on any atom is -0.497 e. The molecular weight excluding hydrogens is 432 g/mol. The van der Waals surface area contributed by atoms with Gasteiger partial charge in [0, 0.05) is 15.5 Å². The second kappa shape index (κ2) is 8.30. The Morgan fingerprint density at radius 2 is 1.32 bits per heavy atom. The molecule has 34 heavy (non-hydrogen) atoms. The number of methoxy groups -OCH3 is 1. The fourth-order valence-corrected chi connectivity index (χ4v) is 6.52. The smallest absolute Gasteiger partial charge is 0.119 e. The molecule has 0 aliphatic rings. The zero-order valence-corrected chi connectivity index (χ0v) is 20.4. The Hall–Kier alpha value is -3.62. The molecule has 1 aromatic heterocycles. The van der Waals surface area contributed by atoms with Crippen molar-refractivity contribution in [1.29, 1.82) is 0 Å². The lowest BCUT2D eigenvalue weighted by molar-refractivity contribution is 0.415. The number of hydrogen-bond acceptors (Lipinski definition) is 2. The molecule has 1 nitrogen and oxygen atoms in total. The van der Waals surface area contributed by atoms with Gasteiger partial charge in [-0.25, -0.2) is 0 Å². The molecule has 0 aliphatic heterocycles. The van der Waals surface area contributed by atoms with Gasteiger partial charge in [-0.15, -0.1) is 11.3 Å². The lowest BCUT2D eigenvalue weighted by Gasteiger charge is -2.16. The highest BCUT2D eigenvalue weighted by Gasteiger charge is 2.19. The summed E-state index contributed by atoms with van der Waals surface area (Å²) in [7, 11) is 1.73. The van der Waals surface area contributed by atoms with Crippen LogP contribution in [0, 0.1) is 0 Å². The molecule has 6 rings (SSSR count). The van der Waals surface area contributed by atoms with E-state index in [0.717, 1.165) is 5.75 Å². The van der Waals surface area contributed by atoms with Gasteiger partial charge in [-0.05, 0) is 80.0 Å². The topological polar surface area (TPSA) is 9.23 Å². The third-order valence-corrected chi connectivity index (χ3v) is 8.33. The highest BCUT2D eigenvalue weighted by atomic mass is 32.1. The first kappa shape index (κ1) is 20.9. The fraction of sp³-hybridized carbons (Fsp3) is 0.125. The first-order valence-corrected chi connectivity index (χ1v) is 12.6. The highest BCUT2D eigenvalue weighted by molar-refractivity contribution is 7.19. The van der Waals surface area contributed by atoms with Gasteiger partial charge in [0.05, 0.1) is 7.11 Å². The maximum atomic E-state index is 5.53. The molecule has 0 amide bonds. The number of rotatable bonds is 4. The van der Waals surface area contributed by atoms with E-state index in [0.29, 0.717) is 5.92 Å². The average Bonchev–Trinajstić information content (AvgIpc) is 3.26. The van der Waals surface area contributed by atoms with Crippen molar-refractivity contribution in [2.45, 2.75) is 19.8 Å². The van der Waals surface area contributed by atoms with Crippen molar-refractivity contribution in [2.75, 3.05) is 7.11 Å². The predicted molar refractivity (Wildman–Crippen MR) is 150 cm³/mol. The van der Waals surface area contributed by atoms with Crippen molar-refractivity contribution >= 4 is 59.8 Å². The van der Waals surface area contributed by atoms with E-state index < -0.39 is 0 Å². The van der Waals surface area contributed by atoms with Crippen molar-refractivity contribution in [2.24, 2.45) is 0 Å². The summed E-state index contributed by atoms with van der Waals surface area (Å²) in [4.78, 5) is 1.42. The Labute approximate surface area is 203 Å². The molecule has 2 heteroatoms. The summed E-state index contributed by atoms with van der Waals surface area (Å²) < 4.78 is 6.89. The van der Waals surface area contributed by atoms with Gasteiger partial charge in [0.1, 0.15) is 5.75 Å². The van der Waals surface area contributed by atoms with Crippen LogP contribution >= 0.6 is 11.3 Å². The van der Waals surface area contributed by atoms with Crippen LogP contribution in [0.1, 0.15) is 35.8 Å². The molecule has 0 radical (unpaired) electrons. The van der Waals surface area contributed by atoms with Crippen LogP contribution in [0.15, 0.2) is 91.0 Å². The Kier molecular flexibility index (Phi) is 5.12. The van der Waals surface area contributed by atoms with E-state index in [1.807, 2.05) is 11.3 Å². The molecule has 0 N–H and O–H groups in total. The van der Waals surface area contributed by atoms with Gasteiger partial charge in [-0.2, -0.15) is 0 Å². The lowest BCUT2D eigenvalue weighted by Crippen LogP contribution is -1.96. The Bertz CT molecular complexity index is 1700. The Morgan fingerprint density at radius 1 is 0.706 bits per heavy atom. The number of allylic oxidation sites excluding steroid dienone is 1. The largest absolute Gasteiger partial charge is 0.497 e. The van der Waals surface area contributed by atoms with E-state index in [-0.39, 0.29) is 0 Å². The normalized spacial score (nSPS) is 12.9. The highest BCUT2D eigenvalue weighted by Crippen LogP contribution is 2.42. The van der Waals surface area contributed by atoms with Crippen LogP contribution in [0.25, 0.3) is 48.5 Å². The van der Waals surface area contributed by atoms with Crippen LogP contribution in [0.4, 0.5) is 0 Å². The number of fused-ring (bicyclic) bond motifs is 7. The molecule has 1 heterocycles. The van der Waals surface area contributed by atoms with Crippen LogP contribution in [-0.4, -0.2) is 7.11 Å². The fourth-order valence-electron chi connectivity index (χ4n) is 5.25. The molecule has 0 saturated heterocycles.